The lowest BCUT2D eigenvalue weighted by molar-refractivity contribution is 0.100. The Balaban J connectivity index is 2.33. The normalized spacial score (nSPS) is 12.8. The predicted octanol–water partition coefficient (Wildman–Crippen LogP) is 3.80. The van der Waals surface area contributed by atoms with E-state index in [-0.39, 0.29) is 21.8 Å². The van der Waals surface area contributed by atoms with Crippen molar-refractivity contribution in [3.05, 3.63) is 51.8 Å². The summed E-state index contributed by atoms with van der Waals surface area (Å²) >= 11 is 6.26. The van der Waals surface area contributed by atoms with E-state index in [1.807, 2.05) is 18.2 Å². The maximum atomic E-state index is 14.9. The van der Waals surface area contributed by atoms with E-state index in [9.17, 15) is 9.18 Å². The van der Waals surface area contributed by atoms with Crippen LogP contribution in [0.5, 0.6) is 5.75 Å². The van der Waals surface area contributed by atoms with Gasteiger partial charge in [-0.05, 0) is 47.7 Å². The number of methoxy groups -OCH3 is 1. The zero-order valence-electron chi connectivity index (χ0n) is 13.0. The first-order chi connectivity index (χ1) is 11.4. The van der Waals surface area contributed by atoms with E-state index < -0.39 is 11.7 Å². The minimum Gasteiger partial charge on any atom is -0.497 e. The molecule has 0 fully saturated rings. The van der Waals surface area contributed by atoms with Crippen LogP contribution in [0.1, 0.15) is 27.9 Å². The van der Waals surface area contributed by atoms with Gasteiger partial charge in [-0.15, -0.1) is 0 Å². The first-order valence-electron chi connectivity index (χ1n) is 7.39. The van der Waals surface area contributed by atoms with Crippen LogP contribution in [0.2, 0.25) is 5.02 Å². The second-order valence-corrected chi connectivity index (χ2v) is 5.97. The van der Waals surface area contributed by atoms with Crippen LogP contribution in [-0.2, 0) is 6.42 Å². The van der Waals surface area contributed by atoms with Crippen molar-refractivity contribution in [3.8, 4) is 16.9 Å². The first kappa shape index (κ1) is 16.3. The van der Waals surface area contributed by atoms with Gasteiger partial charge in [-0.25, -0.2) is 4.39 Å². The molecule has 4 N–H and O–H groups in total. The predicted molar refractivity (Wildman–Crippen MR) is 93.7 cm³/mol. The lowest BCUT2D eigenvalue weighted by Gasteiger charge is -2.19. The highest BCUT2D eigenvalue weighted by Crippen LogP contribution is 2.41. The van der Waals surface area contributed by atoms with Crippen molar-refractivity contribution in [1.82, 2.24) is 0 Å². The number of rotatable bonds is 3. The second kappa shape index (κ2) is 6.17. The van der Waals surface area contributed by atoms with E-state index in [0.29, 0.717) is 11.3 Å². The van der Waals surface area contributed by atoms with Crippen LogP contribution in [0.15, 0.2) is 24.3 Å². The number of carbonyl (C=O) groups is 1. The van der Waals surface area contributed by atoms with E-state index in [1.54, 1.807) is 13.2 Å². The number of aryl methyl sites for hydroxylation is 1. The number of ether oxygens (including phenoxy) is 1. The number of amides is 1. The van der Waals surface area contributed by atoms with Crippen molar-refractivity contribution < 1.29 is 13.9 Å². The molecule has 0 unspecified atom stereocenters. The number of anilines is 1. The minimum atomic E-state index is -0.826. The molecule has 1 amide bonds. The summed E-state index contributed by atoms with van der Waals surface area (Å²) in [5.41, 5.74) is 13.2. The third-order valence-electron chi connectivity index (χ3n) is 4.13. The minimum absolute atomic E-state index is 0.0740. The molecule has 6 heteroatoms. The molecule has 1 aliphatic rings. The summed E-state index contributed by atoms with van der Waals surface area (Å²) in [7, 11) is 1.55. The highest BCUT2D eigenvalue weighted by Gasteiger charge is 2.23. The van der Waals surface area contributed by atoms with Crippen LogP contribution < -0.4 is 16.2 Å². The van der Waals surface area contributed by atoms with E-state index in [1.165, 1.54) is 6.07 Å². The summed E-state index contributed by atoms with van der Waals surface area (Å²) < 4.78 is 20.2. The molecule has 124 valence electrons. The van der Waals surface area contributed by atoms with Crippen LogP contribution >= 0.6 is 11.6 Å². The molecule has 1 aliphatic carbocycles. The van der Waals surface area contributed by atoms with Gasteiger partial charge in [0.25, 0.3) is 5.91 Å². The van der Waals surface area contributed by atoms with Crippen molar-refractivity contribution in [2.75, 3.05) is 12.8 Å². The number of carbonyl (C=O) groups excluding carboxylic acids is 1. The van der Waals surface area contributed by atoms with Crippen molar-refractivity contribution in [2.24, 2.45) is 5.73 Å². The number of hydrogen-bond donors (Lipinski definition) is 2. The summed E-state index contributed by atoms with van der Waals surface area (Å²) in [5.74, 6) is -0.981. The Labute approximate surface area is 143 Å². The average Bonchev–Trinajstić information content (AvgIpc) is 2.57. The smallest absolute Gasteiger partial charge is 0.250 e. The van der Waals surface area contributed by atoms with Crippen molar-refractivity contribution >= 4 is 29.3 Å². The molecule has 3 rings (SSSR count). The number of hydrogen-bond acceptors (Lipinski definition) is 3. The summed E-state index contributed by atoms with van der Waals surface area (Å²) in [5, 5.41) is 0.0740. The Bertz CT molecular complexity index is 878. The van der Waals surface area contributed by atoms with Gasteiger partial charge in [0.05, 0.1) is 23.4 Å². The number of nitrogens with two attached hydrogens (primary N) is 2. The number of fused-ring (bicyclic) bond motifs is 1. The molecule has 4 nitrogen and oxygen atoms in total. The van der Waals surface area contributed by atoms with Gasteiger partial charge in [0, 0.05) is 5.56 Å². The van der Waals surface area contributed by atoms with Crippen LogP contribution in [0, 0.1) is 5.82 Å². The zero-order valence-corrected chi connectivity index (χ0v) is 13.8. The van der Waals surface area contributed by atoms with Gasteiger partial charge in [0.15, 0.2) is 5.82 Å². The van der Waals surface area contributed by atoms with Gasteiger partial charge >= 0.3 is 0 Å². The molecule has 24 heavy (non-hydrogen) atoms. The second-order valence-electron chi connectivity index (χ2n) is 5.56. The molecule has 2 aromatic rings. The van der Waals surface area contributed by atoms with E-state index in [0.717, 1.165) is 24.0 Å². The quantitative estimate of drug-likeness (QED) is 0.830. The molecule has 0 saturated heterocycles. The highest BCUT2D eigenvalue weighted by atomic mass is 35.5. The third kappa shape index (κ3) is 2.61. The molecule has 0 atom stereocenters. The molecule has 0 saturated carbocycles. The fraction of sp³-hybridized carbons (Fsp3) is 0.167. The Hall–Kier alpha value is -2.53. The largest absolute Gasteiger partial charge is 0.497 e. The lowest BCUT2D eigenvalue weighted by Crippen LogP contribution is -2.15. The topological polar surface area (TPSA) is 78.3 Å². The number of benzene rings is 2. The van der Waals surface area contributed by atoms with Gasteiger partial charge in [-0.3, -0.25) is 4.79 Å². The Morgan fingerprint density at radius 3 is 2.75 bits per heavy atom. The fourth-order valence-electron chi connectivity index (χ4n) is 2.94. The number of halogens is 2. The Kier molecular flexibility index (Phi) is 4.20. The molecule has 0 heterocycles. The summed E-state index contributed by atoms with van der Waals surface area (Å²) in [6.45, 7) is 0. The number of allylic oxidation sites excluding steroid dienone is 1. The zero-order chi connectivity index (χ0) is 17.4. The maximum Gasteiger partial charge on any atom is 0.250 e. The molecule has 0 bridgehead atoms. The Morgan fingerprint density at radius 1 is 1.33 bits per heavy atom. The molecular formula is C18H16ClFN2O2. The van der Waals surface area contributed by atoms with Gasteiger partial charge in [0.2, 0.25) is 0 Å². The molecule has 0 aliphatic heterocycles. The SMILES string of the molecule is COc1cc2c(c(-c3c(Cl)cc(C(N)=O)c(N)c3F)c1)C=CCC2. The van der Waals surface area contributed by atoms with Gasteiger partial charge in [-0.1, -0.05) is 23.8 Å². The van der Waals surface area contributed by atoms with Gasteiger partial charge in [0.1, 0.15) is 5.75 Å². The Morgan fingerprint density at radius 2 is 2.08 bits per heavy atom. The first-order valence-corrected chi connectivity index (χ1v) is 7.77. The number of nitrogen functional groups attached to an aromatic ring is 1. The monoisotopic (exact) mass is 346 g/mol. The van der Waals surface area contributed by atoms with Crippen LogP contribution in [-0.4, -0.2) is 13.0 Å². The maximum absolute atomic E-state index is 14.9. The van der Waals surface area contributed by atoms with E-state index in [2.05, 4.69) is 0 Å². The molecular weight excluding hydrogens is 331 g/mol. The summed E-state index contributed by atoms with van der Waals surface area (Å²) in [6.07, 6.45) is 5.68. The van der Waals surface area contributed by atoms with Crippen LogP contribution in [0.4, 0.5) is 10.1 Å². The lowest BCUT2D eigenvalue weighted by atomic mass is 9.88. The van der Waals surface area contributed by atoms with Gasteiger partial charge < -0.3 is 16.2 Å². The molecule has 2 aromatic carbocycles. The number of primary amides is 1. The molecule has 0 aromatic heterocycles. The van der Waals surface area contributed by atoms with Crippen molar-refractivity contribution in [3.63, 3.8) is 0 Å². The van der Waals surface area contributed by atoms with E-state index >= 15 is 0 Å². The third-order valence-corrected chi connectivity index (χ3v) is 4.43. The van der Waals surface area contributed by atoms with Crippen molar-refractivity contribution in [2.45, 2.75) is 12.8 Å². The molecule has 0 spiro atoms. The van der Waals surface area contributed by atoms with Crippen LogP contribution in [0.3, 0.4) is 0 Å². The fourth-order valence-corrected chi connectivity index (χ4v) is 3.23. The standard InChI is InChI=1S/C18H16ClFN2O2/c1-24-10-6-9-4-2-3-5-11(9)12(7-10)15-14(19)8-13(18(22)23)17(21)16(15)20/h3,5-8H,2,4,21H2,1H3,(H2,22,23). The summed E-state index contributed by atoms with van der Waals surface area (Å²) in [6, 6.07) is 4.94. The van der Waals surface area contributed by atoms with E-state index in [4.69, 9.17) is 27.8 Å². The molecule has 0 radical (unpaired) electrons. The summed E-state index contributed by atoms with van der Waals surface area (Å²) in [4.78, 5) is 11.4. The van der Waals surface area contributed by atoms with Crippen molar-refractivity contribution in [1.29, 1.82) is 0 Å². The van der Waals surface area contributed by atoms with Gasteiger partial charge in [-0.2, -0.15) is 0 Å². The average molecular weight is 347 g/mol. The highest BCUT2D eigenvalue weighted by molar-refractivity contribution is 6.34. The van der Waals surface area contributed by atoms with Crippen LogP contribution in [0.25, 0.3) is 17.2 Å².